The predicted octanol–water partition coefficient (Wildman–Crippen LogP) is 5.88. The van der Waals surface area contributed by atoms with E-state index in [-0.39, 0.29) is 5.60 Å². The molecule has 2 heteroatoms. The van der Waals surface area contributed by atoms with Crippen LogP contribution in [-0.2, 0) is 6.42 Å². The van der Waals surface area contributed by atoms with Crippen LogP contribution in [0.3, 0.4) is 0 Å². The smallest absolute Gasteiger partial charge is 0.127 e. The maximum atomic E-state index is 10.7. The van der Waals surface area contributed by atoms with Crippen molar-refractivity contribution in [3.63, 3.8) is 0 Å². The van der Waals surface area contributed by atoms with Crippen LogP contribution < -0.4 is 4.74 Å². The van der Waals surface area contributed by atoms with E-state index in [9.17, 15) is 5.11 Å². The molecule has 126 valence electrons. The summed E-state index contributed by atoms with van der Waals surface area (Å²) in [5.74, 6) is 1.68. The van der Waals surface area contributed by atoms with Crippen molar-refractivity contribution >= 4 is 0 Å². The molecule has 3 rings (SSSR count). The Labute approximate surface area is 140 Å². The average Bonchev–Trinajstić information content (AvgIpc) is 2.46. The van der Waals surface area contributed by atoms with Gasteiger partial charge in [0.2, 0.25) is 0 Å². The molecule has 1 heterocycles. The molecule has 1 aromatic carbocycles. The topological polar surface area (TPSA) is 29.5 Å². The lowest BCUT2D eigenvalue weighted by atomic mass is 9.69. The van der Waals surface area contributed by atoms with Crippen molar-refractivity contribution in [2.45, 2.75) is 84.2 Å². The lowest BCUT2D eigenvalue weighted by Crippen LogP contribution is -2.42. The first kappa shape index (κ1) is 16.4. The van der Waals surface area contributed by atoms with Gasteiger partial charge in [0.1, 0.15) is 17.1 Å². The second-order valence-corrected chi connectivity index (χ2v) is 7.82. The summed E-state index contributed by atoms with van der Waals surface area (Å²) in [6.07, 6.45) is 7.80. The minimum Gasteiger partial charge on any atom is -0.507 e. The summed E-state index contributed by atoms with van der Waals surface area (Å²) in [5.41, 5.74) is 5.05. The number of fused-ring (bicyclic) bond motifs is 4. The molecule has 0 saturated heterocycles. The molecule has 2 atom stereocenters. The maximum absolute atomic E-state index is 10.7. The van der Waals surface area contributed by atoms with Crippen LogP contribution in [-0.4, -0.2) is 10.7 Å². The monoisotopic (exact) mass is 314 g/mol. The van der Waals surface area contributed by atoms with E-state index in [1.165, 1.54) is 36.0 Å². The number of benzene rings is 1. The van der Waals surface area contributed by atoms with Crippen LogP contribution in [0.5, 0.6) is 11.5 Å². The lowest BCUT2D eigenvalue weighted by Gasteiger charge is -2.46. The van der Waals surface area contributed by atoms with Gasteiger partial charge in [0.15, 0.2) is 0 Å². The van der Waals surface area contributed by atoms with E-state index in [0.29, 0.717) is 11.7 Å². The highest BCUT2D eigenvalue weighted by Crippen LogP contribution is 2.54. The second kappa shape index (κ2) is 6.22. The van der Waals surface area contributed by atoms with E-state index in [1.807, 2.05) is 6.07 Å². The van der Waals surface area contributed by atoms with Crippen molar-refractivity contribution in [1.82, 2.24) is 0 Å². The third kappa shape index (κ3) is 3.13. The fourth-order valence-corrected chi connectivity index (χ4v) is 4.29. The number of phenolic OH excluding ortho intramolecular Hbond substituents is 1. The first-order valence-corrected chi connectivity index (χ1v) is 9.14. The highest BCUT2D eigenvalue weighted by molar-refractivity contribution is 5.55. The molecule has 2 nitrogen and oxygen atoms in total. The lowest BCUT2D eigenvalue weighted by molar-refractivity contribution is 0.0346. The molecule has 1 saturated carbocycles. The number of unbranched alkanes of at least 4 members (excludes halogenated alkanes) is 2. The highest BCUT2D eigenvalue weighted by Gasteiger charge is 2.44. The molecular weight excluding hydrogens is 284 g/mol. The summed E-state index contributed by atoms with van der Waals surface area (Å²) in [6.45, 7) is 8.84. The normalized spacial score (nSPS) is 25.7. The van der Waals surface area contributed by atoms with Gasteiger partial charge in [-0.05, 0) is 70.6 Å². The number of hydrogen-bond donors (Lipinski definition) is 1. The van der Waals surface area contributed by atoms with E-state index < -0.39 is 0 Å². The first-order valence-electron chi connectivity index (χ1n) is 9.14. The Kier molecular flexibility index (Phi) is 4.44. The summed E-state index contributed by atoms with van der Waals surface area (Å²) >= 11 is 0. The molecule has 0 aromatic heterocycles. The molecule has 1 aliphatic heterocycles. The third-order valence-corrected chi connectivity index (χ3v) is 5.58. The maximum Gasteiger partial charge on any atom is 0.127 e. The summed E-state index contributed by atoms with van der Waals surface area (Å²) < 4.78 is 6.36. The van der Waals surface area contributed by atoms with E-state index in [2.05, 4.69) is 33.8 Å². The molecule has 0 radical (unpaired) electrons. The minimum absolute atomic E-state index is 0.0783. The van der Waals surface area contributed by atoms with Crippen LogP contribution in [0.15, 0.2) is 23.3 Å². The zero-order chi connectivity index (χ0) is 16.6. The molecule has 2 bridgehead atoms. The molecule has 1 N–H and O–H groups in total. The molecule has 23 heavy (non-hydrogen) atoms. The van der Waals surface area contributed by atoms with E-state index >= 15 is 0 Å². The Morgan fingerprint density at radius 2 is 2.09 bits per heavy atom. The molecule has 0 spiro atoms. The zero-order valence-corrected chi connectivity index (χ0v) is 15.0. The van der Waals surface area contributed by atoms with Crippen LogP contribution in [0.4, 0.5) is 0 Å². The Bertz CT molecular complexity index is 625. The van der Waals surface area contributed by atoms with Crippen molar-refractivity contribution in [3.8, 4) is 11.5 Å². The number of rotatable bonds is 4. The van der Waals surface area contributed by atoms with Crippen molar-refractivity contribution in [3.05, 3.63) is 34.4 Å². The van der Waals surface area contributed by atoms with Gasteiger partial charge in [0.25, 0.3) is 0 Å². The molecular formula is C21H30O2. The van der Waals surface area contributed by atoms with Crippen molar-refractivity contribution < 1.29 is 9.84 Å². The molecule has 1 aliphatic carbocycles. The van der Waals surface area contributed by atoms with Gasteiger partial charge in [-0.15, -0.1) is 0 Å². The van der Waals surface area contributed by atoms with Crippen LogP contribution in [0.25, 0.3) is 0 Å². The quantitative estimate of drug-likeness (QED) is 0.555. The van der Waals surface area contributed by atoms with Crippen molar-refractivity contribution in [2.75, 3.05) is 0 Å². The third-order valence-electron chi connectivity index (χ3n) is 5.58. The van der Waals surface area contributed by atoms with Crippen LogP contribution in [0.1, 0.15) is 83.3 Å². The molecule has 1 unspecified atom stereocenters. The number of phenols is 1. The molecule has 0 amide bonds. The van der Waals surface area contributed by atoms with Gasteiger partial charge in [0.05, 0.1) is 0 Å². The minimum atomic E-state index is -0.0783. The second-order valence-electron chi connectivity index (χ2n) is 7.82. The van der Waals surface area contributed by atoms with Crippen molar-refractivity contribution in [1.29, 1.82) is 0 Å². The van der Waals surface area contributed by atoms with Crippen molar-refractivity contribution in [2.24, 2.45) is 0 Å². The Balaban J connectivity index is 1.99. The first-order chi connectivity index (χ1) is 10.9. The van der Waals surface area contributed by atoms with Gasteiger partial charge < -0.3 is 9.84 Å². The highest BCUT2D eigenvalue weighted by atomic mass is 16.5. The number of ether oxygens (including phenoxy) is 1. The van der Waals surface area contributed by atoms with Gasteiger partial charge >= 0.3 is 0 Å². The van der Waals surface area contributed by atoms with Crippen LogP contribution in [0.2, 0.25) is 0 Å². The Hall–Kier alpha value is -1.44. The summed E-state index contributed by atoms with van der Waals surface area (Å²) in [6, 6.07) is 4.15. The van der Waals surface area contributed by atoms with Crippen LogP contribution in [0, 0.1) is 0 Å². The summed E-state index contributed by atoms with van der Waals surface area (Å²) in [7, 11) is 0. The number of allylic oxidation sites excluding steroid dienone is 2. The van der Waals surface area contributed by atoms with Gasteiger partial charge in [-0.3, -0.25) is 0 Å². The molecule has 1 aromatic rings. The van der Waals surface area contributed by atoms with Gasteiger partial charge in [-0.2, -0.15) is 0 Å². The summed E-state index contributed by atoms with van der Waals surface area (Å²) in [4.78, 5) is 0. The van der Waals surface area contributed by atoms with E-state index in [0.717, 1.165) is 37.0 Å². The molecule has 1 fully saturated rings. The summed E-state index contributed by atoms with van der Waals surface area (Å²) in [5, 5.41) is 10.7. The zero-order valence-electron chi connectivity index (χ0n) is 15.0. The van der Waals surface area contributed by atoms with Crippen LogP contribution >= 0.6 is 0 Å². The number of aryl methyl sites for hydroxylation is 1. The Morgan fingerprint density at radius 3 is 2.78 bits per heavy atom. The number of aromatic hydroxyl groups is 1. The predicted molar refractivity (Wildman–Crippen MR) is 95.3 cm³/mol. The van der Waals surface area contributed by atoms with E-state index in [4.69, 9.17) is 4.74 Å². The largest absolute Gasteiger partial charge is 0.507 e. The van der Waals surface area contributed by atoms with Gasteiger partial charge in [-0.1, -0.05) is 30.9 Å². The fraction of sp³-hybridized carbons (Fsp3) is 0.619. The Morgan fingerprint density at radius 1 is 1.30 bits per heavy atom. The van der Waals surface area contributed by atoms with E-state index in [1.54, 1.807) is 0 Å². The standard InChI is InChI=1S/C21H30O2/c1-5-6-7-8-15-11-18(22)20-17-13-21(4,23-19(20)12-15)10-9-16(17)14(2)3/h11-12,17,22H,5-10,13H2,1-4H3/t17-,21?/m1/s1. The van der Waals surface area contributed by atoms with Gasteiger partial charge in [0, 0.05) is 11.5 Å². The SMILES string of the molecule is CCCCCc1cc(O)c2c(c1)OC1(C)CCC(=C(C)C)[C@H]2C1. The van der Waals surface area contributed by atoms with Gasteiger partial charge in [-0.25, -0.2) is 0 Å². The number of hydrogen-bond acceptors (Lipinski definition) is 2. The average molecular weight is 314 g/mol. The fourth-order valence-electron chi connectivity index (χ4n) is 4.29. The molecule has 2 aliphatic rings.